The van der Waals surface area contributed by atoms with Gasteiger partial charge in [-0.15, -0.1) is 0 Å². The summed E-state index contributed by atoms with van der Waals surface area (Å²) in [5.41, 5.74) is 3.09. The zero-order chi connectivity index (χ0) is 19.8. The molecule has 0 radical (unpaired) electrons. The van der Waals surface area contributed by atoms with E-state index >= 15 is 0 Å². The van der Waals surface area contributed by atoms with Crippen LogP contribution in [0, 0.1) is 0 Å². The Morgan fingerprint density at radius 3 is 1.29 bits per heavy atom. The Balaban J connectivity index is 2.16. The van der Waals surface area contributed by atoms with Crippen molar-refractivity contribution < 1.29 is 0 Å². The van der Waals surface area contributed by atoms with E-state index in [0.29, 0.717) is 0 Å². The molecule has 0 aliphatic heterocycles. The monoisotopic (exact) mass is 364 g/mol. The van der Waals surface area contributed by atoms with Crippen LogP contribution in [-0.2, 0) is 10.8 Å². The standard InChI is InChI=1S/C28H28/c1-27(2,3)22-15-13-20-18-11-7-9-17-10-8-12-19(24(17)18)21-14-16-23(28(4,5)6)26(22)25(20)21/h7-16H,1-6H3. The second-order valence-electron chi connectivity index (χ2n) is 10.3. The molecule has 0 heterocycles. The Bertz CT molecular complexity index is 1260. The summed E-state index contributed by atoms with van der Waals surface area (Å²) in [5.74, 6) is 0. The third-order valence-corrected chi connectivity index (χ3v) is 6.26. The summed E-state index contributed by atoms with van der Waals surface area (Å²) in [6, 6.07) is 22.9. The van der Waals surface area contributed by atoms with Crippen LogP contribution in [-0.4, -0.2) is 0 Å². The van der Waals surface area contributed by atoms with Gasteiger partial charge >= 0.3 is 0 Å². The molecular formula is C28H28. The van der Waals surface area contributed by atoms with Crippen molar-refractivity contribution >= 4 is 43.1 Å². The van der Waals surface area contributed by atoms with Crippen molar-refractivity contribution in [3.63, 3.8) is 0 Å². The van der Waals surface area contributed by atoms with Gasteiger partial charge in [0.1, 0.15) is 0 Å². The van der Waals surface area contributed by atoms with E-state index in [-0.39, 0.29) is 10.8 Å². The van der Waals surface area contributed by atoms with Gasteiger partial charge in [0.15, 0.2) is 0 Å². The zero-order valence-electron chi connectivity index (χ0n) is 17.8. The number of benzene rings is 5. The summed E-state index contributed by atoms with van der Waals surface area (Å²) in [7, 11) is 0. The van der Waals surface area contributed by atoms with Gasteiger partial charge in [-0.3, -0.25) is 0 Å². The summed E-state index contributed by atoms with van der Waals surface area (Å²) in [4.78, 5) is 0. The van der Waals surface area contributed by atoms with Gasteiger partial charge < -0.3 is 0 Å². The lowest BCUT2D eigenvalue weighted by atomic mass is 9.74. The average molecular weight is 365 g/mol. The van der Waals surface area contributed by atoms with Gasteiger partial charge in [-0.1, -0.05) is 102 Å². The SMILES string of the molecule is CC(C)(C)c1ccc2c3cccc4cccc(c5ccc(C(C)(C)C)c1c25)c43. The zero-order valence-corrected chi connectivity index (χ0v) is 17.8. The molecule has 0 saturated carbocycles. The van der Waals surface area contributed by atoms with Gasteiger partial charge in [0.2, 0.25) is 0 Å². The van der Waals surface area contributed by atoms with Crippen molar-refractivity contribution in [2.45, 2.75) is 52.4 Å². The molecule has 0 bridgehead atoms. The molecule has 28 heavy (non-hydrogen) atoms. The molecule has 0 unspecified atom stereocenters. The summed E-state index contributed by atoms with van der Waals surface area (Å²) in [6.07, 6.45) is 0. The normalized spacial score (nSPS) is 13.4. The minimum atomic E-state index is 0.0973. The molecule has 0 saturated heterocycles. The molecule has 0 heteroatoms. The molecule has 0 fully saturated rings. The van der Waals surface area contributed by atoms with Crippen LogP contribution in [0.4, 0.5) is 0 Å². The lowest BCUT2D eigenvalue weighted by Gasteiger charge is -2.29. The summed E-state index contributed by atoms with van der Waals surface area (Å²) >= 11 is 0. The lowest BCUT2D eigenvalue weighted by Crippen LogP contribution is -2.17. The molecule has 0 N–H and O–H groups in total. The molecule has 0 amide bonds. The molecule has 5 rings (SSSR count). The first-order valence-electron chi connectivity index (χ1n) is 10.3. The number of rotatable bonds is 0. The van der Waals surface area contributed by atoms with Crippen LogP contribution < -0.4 is 0 Å². The predicted octanol–water partition coefficient (Wildman–Crippen LogP) is 8.33. The van der Waals surface area contributed by atoms with E-state index in [1.807, 2.05) is 0 Å². The smallest absolute Gasteiger partial charge is 0.00204 e. The van der Waals surface area contributed by atoms with Crippen LogP contribution >= 0.6 is 0 Å². The first-order valence-corrected chi connectivity index (χ1v) is 10.3. The Morgan fingerprint density at radius 2 is 0.857 bits per heavy atom. The maximum absolute atomic E-state index is 2.38. The van der Waals surface area contributed by atoms with Crippen LogP contribution in [0.2, 0.25) is 0 Å². The van der Waals surface area contributed by atoms with Crippen molar-refractivity contribution in [1.29, 1.82) is 0 Å². The molecule has 0 atom stereocenters. The highest BCUT2D eigenvalue weighted by Crippen LogP contribution is 2.46. The predicted molar refractivity (Wildman–Crippen MR) is 125 cm³/mol. The maximum atomic E-state index is 2.38. The van der Waals surface area contributed by atoms with Crippen molar-refractivity contribution in [1.82, 2.24) is 0 Å². The molecule has 140 valence electrons. The van der Waals surface area contributed by atoms with Gasteiger partial charge in [-0.25, -0.2) is 0 Å². The topological polar surface area (TPSA) is 0 Å². The first-order chi connectivity index (χ1) is 13.2. The van der Waals surface area contributed by atoms with Gasteiger partial charge in [0.25, 0.3) is 0 Å². The highest BCUT2D eigenvalue weighted by molar-refractivity contribution is 6.33. The van der Waals surface area contributed by atoms with Crippen molar-refractivity contribution in [2.75, 3.05) is 0 Å². The van der Waals surface area contributed by atoms with Crippen molar-refractivity contribution in [3.8, 4) is 0 Å². The van der Waals surface area contributed by atoms with Gasteiger partial charge in [-0.05, 0) is 65.0 Å². The summed E-state index contributed by atoms with van der Waals surface area (Å²) in [5, 5.41) is 11.1. The fraction of sp³-hybridized carbons (Fsp3) is 0.286. The quantitative estimate of drug-likeness (QED) is 0.191. The molecule has 0 nitrogen and oxygen atoms in total. The highest BCUT2D eigenvalue weighted by Gasteiger charge is 2.26. The highest BCUT2D eigenvalue weighted by atomic mass is 14.3. The Labute approximate surface area is 167 Å². The van der Waals surface area contributed by atoms with E-state index < -0.39 is 0 Å². The average Bonchev–Trinajstić information content (AvgIpc) is 2.63. The number of fused-ring (bicyclic) bond motifs is 2. The van der Waals surface area contributed by atoms with E-state index in [1.54, 1.807) is 0 Å². The van der Waals surface area contributed by atoms with Crippen LogP contribution in [0.5, 0.6) is 0 Å². The minimum absolute atomic E-state index is 0.0973. The van der Waals surface area contributed by atoms with E-state index in [4.69, 9.17) is 0 Å². The first kappa shape index (κ1) is 17.5. The van der Waals surface area contributed by atoms with Crippen molar-refractivity contribution in [3.05, 3.63) is 71.8 Å². The van der Waals surface area contributed by atoms with Crippen LogP contribution in [0.3, 0.4) is 0 Å². The Morgan fingerprint density at radius 1 is 0.429 bits per heavy atom. The molecule has 5 aromatic rings. The minimum Gasteiger partial charge on any atom is -0.0610 e. The van der Waals surface area contributed by atoms with Crippen LogP contribution in [0.15, 0.2) is 60.7 Å². The largest absolute Gasteiger partial charge is 0.0610 e. The van der Waals surface area contributed by atoms with E-state index in [0.717, 1.165) is 0 Å². The van der Waals surface area contributed by atoms with Crippen molar-refractivity contribution in [2.24, 2.45) is 0 Å². The molecule has 0 spiro atoms. The Hall–Kier alpha value is -2.60. The Kier molecular flexibility index (Phi) is 3.42. The van der Waals surface area contributed by atoms with E-state index in [2.05, 4.69) is 102 Å². The van der Waals surface area contributed by atoms with Gasteiger partial charge in [0.05, 0.1) is 0 Å². The molecule has 0 aliphatic rings. The third-order valence-electron chi connectivity index (χ3n) is 6.26. The second-order valence-corrected chi connectivity index (χ2v) is 10.3. The van der Waals surface area contributed by atoms with Crippen LogP contribution in [0.1, 0.15) is 52.7 Å². The molecule has 0 aromatic heterocycles. The molecular weight excluding hydrogens is 336 g/mol. The fourth-order valence-electron chi connectivity index (χ4n) is 4.98. The number of hydrogen-bond acceptors (Lipinski definition) is 0. The van der Waals surface area contributed by atoms with Gasteiger partial charge in [0, 0.05) is 0 Å². The van der Waals surface area contributed by atoms with Crippen LogP contribution in [0.25, 0.3) is 43.1 Å². The van der Waals surface area contributed by atoms with E-state index in [1.165, 1.54) is 54.2 Å². The fourth-order valence-corrected chi connectivity index (χ4v) is 4.98. The second kappa shape index (κ2) is 5.47. The van der Waals surface area contributed by atoms with Gasteiger partial charge in [-0.2, -0.15) is 0 Å². The molecule has 5 aromatic carbocycles. The molecule has 0 aliphatic carbocycles. The number of hydrogen-bond donors (Lipinski definition) is 0. The summed E-state index contributed by atoms with van der Waals surface area (Å²) in [6.45, 7) is 14.0. The third kappa shape index (κ3) is 2.30. The maximum Gasteiger partial charge on any atom is -0.00204 e. The lowest BCUT2D eigenvalue weighted by molar-refractivity contribution is 0.581. The summed E-state index contributed by atoms with van der Waals surface area (Å²) < 4.78 is 0. The van der Waals surface area contributed by atoms with E-state index in [9.17, 15) is 0 Å².